The maximum Gasteiger partial charge on any atom is 0.317 e. The molecule has 0 spiro atoms. The molecular weight excluding hydrogens is 340 g/mol. The zero-order valence-corrected chi connectivity index (χ0v) is 16.7. The molecule has 0 saturated carbocycles. The molecule has 1 aromatic carbocycles. The third-order valence-electron chi connectivity index (χ3n) is 4.23. The lowest BCUT2D eigenvalue weighted by atomic mass is 10.1. The number of nitrogens with one attached hydrogen (secondary N) is 1. The number of likely N-dealkylation sites (N-methyl/N-ethyl adjacent to an activating group) is 1. The molecule has 1 N–H and O–H groups in total. The van der Waals surface area contributed by atoms with Gasteiger partial charge in [0.25, 0.3) is 0 Å². The molecule has 0 atom stereocenters. The van der Waals surface area contributed by atoms with Crippen molar-refractivity contribution in [3.8, 4) is 5.75 Å². The average molecular weight is 370 g/mol. The van der Waals surface area contributed by atoms with Gasteiger partial charge in [0.05, 0.1) is 6.54 Å². The highest BCUT2D eigenvalue weighted by molar-refractivity contribution is 5.74. The Morgan fingerprint density at radius 3 is 2.48 bits per heavy atom. The number of urea groups is 1. The second kappa shape index (κ2) is 10.5. The van der Waals surface area contributed by atoms with Crippen LogP contribution in [0.4, 0.5) is 4.79 Å². The third kappa shape index (κ3) is 6.90. The van der Waals surface area contributed by atoms with Crippen molar-refractivity contribution in [2.45, 2.75) is 20.4 Å². The first-order valence-electron chi connectivity index (χ1n) is 9.23. The van der Waals surface area contributed by atoms with Crippen LogP contribution >= 0.6 is 0 Å². The molecule has 2 rings (SSSR count). The number of ether oxygens (including phenoxy) is 1. The quantitative estimate of drug-likeness (QED) is 0.690. The molecule has 2 amide bonds. The summed E-state index contributed by atoms with van der Waals surface area (Å²) >= 11 is 0. The van der Waals surface area contributed by atoms with E-state index < -0.39 is 0 Å². The lowest BCUT2D eigenvalue weighted by Gasteiger charge is -2.25. The summed E-state index contributed by atoms with van der Waals surface area (Å²) in [6.45, 7) is 6.92. The van der Waals surface area contributed by atoms with Crippen LogP contribution in [-0.4, -0.2) is 61.2 Å². The molecule has 0 bridgehead atoms. The largest absolute Gasteiger partial charge is 0.491 e. The second-order valence-electron chi connectivity index (χ2n) is 6.89. The van der Waals surface area contributed by atoms with Gasteiger partial charge in [-0.2, -0.15) is 0 Å². The van der Waals surface area contributed by atoms with Crippen LogP contribution in [-0.2, 0) is 6.54 Å². The predicted molar refractivity (Wildman–Crippen MR) is 108 cm³/mol. The highest BCUT2D eigenvalue weighted by Crippen LogP contribution is 2.21. The summed E-state index contributed by atoms with van der Waals surface area (Å²) in [7, 11) is 4.00. The first kappa shape index (κ1) is 20.7. The Hall–Kier alpha value is -2.60. The Kier molecular flexibility index (Phi) is 8.07. The van der Waals surface area contributed by atoms with Crippen molar-refractivity contribution in [3.05, 3.63) is 59.4 Å². The van der Waals surface area contributed by atoms with Crippen molar-refractivity contribution in [2.75, 3.05) is 40.3 Å². The Morgan fingerprint density at radius 1 is 1.11 bits per heavy atom. The molecule has 27 heavy (non-hydrogen) atoms. The van der Waals surface area contributed by atoms with E-state index in [0.717, 1.165) is 29.0 Å². The fraction of sp³-hybridized carbons (Fsp3) is 0.429. The maximum atomic E-state index is 12.6. The molecule has 1 heterocycles. The molecule has 146 valence electrons. The molecule has 6 heteroatoms. The van der Waals surface area contributed by atoms with E-state index >= 15 is 0 Å². The summed E-state index contributed by atoms with van der Waals surface area (Å²) in [5.74, 6) is 0.895. The lowest BCUT2D eigenvalue weighted by Crippen LogP contribution is -2.43. The number of rotatable bonds is 9. The molecule has 1 aromatic heterocycles. The van der Waals surface area contributed by atoms with E-state index in [4.69, 9.17) is 4.74 Å². The van der Waals surface area contributed by atoms with Crippen LogP contribution in [0.3, 0.4) is 0 Å². The number of carbonyl (C=O) groups excluding carboxylic acids is 1. The molecule has 0 radical (unpaired) electrons. The minimum atomic E-state index is -0.0918. The van der Waals surface area contributed by atoms with Gasteiger partial charge in [-0.15, -0.1) is 0 Å². The van der Waals surface area contributed by atoms with E-state index in [0.29, 0.717) is 26.2 Å². The van der Waals surface area contributed by atoms with Gasteiger partial charge in [0.2, 0.25) is 0 Å². The number of amides is 2. The lowest BCUT2D eigenvalue weighted by molar-refractivity contribution is 0.186. The number of hydrogen-bond donors (Lipinski definition) is 1. The highest BCUT2D eigenvalue weighted by atomic mass is 16.5. The number of aryl methyl sites for hydroxylation is 2. The van der Waals surface area contributed by atoms with Gasteiger partial charge in [-0.25, -0.2) is 4.79 Å². The molecule has 2 aromatic rings. The van der Waals surface area contributed by atoms with Gasteiger partial charge in [0, 0.05) is 32.0 Å². The summed E-state index contributed by atoms with van der Waals surface area (Å²) in [5.41, 5.74) is 3.22. The third-order valence-corrected chi connectivity index (χ3v) is 4.23. The number of pyridine rings is 1. The smallest absolute Gasteiger partial charge is 0.317 e. The van der Waals surface area contributed by atoms with Crippen molar-refractivity contribution < 1.29 is 9.53 Å². The van der Waals surface area contributed by atoms with Gasteiger partial charge in [-0.1, -0.05) is 24.3 Å². The van der Waals surface area contributed by atoms with Crippen molar-refractivity contribution in [1.82, 2.24) is 20.1 Å². The number of nitrogens with zero attached hydrogens (tertiary/aromatic N) is 3. The molecule has 0 aliphatic rings. The topological polar surface area (TPSA) is 57.7 Å². The molecule has 0 aliphatic carbocycles. The maximum absolute atomic E-state index is 12.6. The van der Waals surface area contributed by atoms with Crippen molar-refractivity contribution in [3.63, 3.8) is 0 Å². The van der Waals surface area contributed by atoms with Gasteiger partial charge in [0.15, 0.2) is 0 Å². The monoisotopic (exact) mass is 370 g/mol. The minimum Gasteiger partial charge on any atom is -0.491 e. The van der Waals surface area contributed by atoms with Crippen LogP contribution in [0.2, 0.25) is 0 Å². The fourth-order valence-corrected chi connectivity index (χ4v) is 2.73. The van der Waals surface area contributed by atoms with E-state index in [-0.39, 0.29) is 6.03 Å². The average Bonchev–Trinajstić information content (AvgIpc) is 2.64. The Balaban J connectivity index is 1.86. The molecule has 6 nitrogen and oxygen atoms in total. The SMILES string of the molecule is Cc1cccc(C)c1OCCNC(=O)N(CCN(C)C)Cc1cccnc1. The number of para-hydroxylation sites is 1. The standard InChI is InChI=1S/C21H30N4O2/c1-17-7-5-8-18(2)20(17)27-14-11-23-21(26)25(13-12-24(3)4)16-19-9-6-10-22-15-19/h5-10,15H,11-14,16H2,1-4H3,(H,23,26). The van der Waals surface area contributed by atoms with Gasteiger partial charge in [-0.05, 0) is 50.7 Å². The highest BCUT2D eigenvalue weighted by Gasteiger charge is 2.14. The van der Waals surface area contributed by atoms with Crippen molar-refractivity contribution in [2.24, 2.45) is 0 Å². The van der Waals surface area contributed by atoms with Crippen molar-refractivity contribution in [1.29, 1.82) is 0 Å². The number of aromatic nitrogens is 1. The van der Waals surface area contributed by atoms with E-state index in [1.807, 2.05) is 58.3 Å². The van der Waals surface area contributed by atoms with Crippen LogP contribution in [0.1, 0.15) is 16.7 Å². The molecule has 0 unspecified atom stereocenters. The molecular formula is C21H30N4O2. The summed E-state index contributed by atoms with van der Waals surface area (Å²) < 4.78 is 5.86. The predicted octanol–water partition coefficient (Wildman–Crippen LogP) is 2.85. The first-order valence-corrected chi connectivity index (χ1v) is 9.23. The Bertz CT molecular complexity index is 699. The fourth-order valence-electron chi connectivity index (χ4n) is 2.73. The van der Waals surface area contributed by atoms with Gasteiger partial charge >= 0.3 is 6.03 Å². The van der Waals surface area contributed by atoms with Crippen LogP contribution in [0.5, 0.6) is 5.75 Å². The van der Waals surface area contributed by atoms with Crippen LogP contribution in [0, 0.1) is 13.8 Å². The number of carbonyl (C=O) groups is 1. The van der Waals surface area contributed by atoms with E-state index in [9.17, 15) is 4.79 Å². The van der Waals surface area contributed by atoms with E-state index in [1.165, 1.54) is 0 Å². The Morgan fingerprint density at radius 2 is 1.85 bits per heavy atom. The zero-order valence-electron chi connectivity index (χ0n) is 16.7. The van der Waals surface area contributed by atoms with Crippen LogP contribution < -0.4 is 10.1 Å². The first-order chi connectivity index (χ1) is 13.0. The Labute approximate surface area is 162 Å². The molecule has 0 saturated heterocycles. The zero-order chi connectivity index (χ0) is 19.6. The number of benzene rings is 1. The van der Waals surface area contributed by atoms with Crippen LogP contribution in [0.25, 0.3) is 0 Å². The van der Waals surface area contributed by atoms with Crippen molar-refractivity contribution >= 4 is 6.03 Å². The second-order valence-corrected chi connectivity index (χ2v) is 6.89. The summed E-state index contributed by atoms with van der Waals surface area (Å²) in [6.07, 6.45) is 3.53. The van der Waals surface area contributed by atoms with Crippen LogP contribution in [0.15, 0.2) is 42.7 Å². The van der Waals surface area contributed by atoms with E-state index in [2.05, 4.69) is 15.2 Å². The van der Waals surface area contributed by atoms with Gasteiger partial charge in [0.1, 0.15) is 12.4 Å². The van der Waals surface area contributed by atoms with Gasteiger partial charge < -0.3 is 19.9 Å². The van der Waals surface area contributed by atoms with Gasteiger partial charge in [-0.3, -0.25) is 4.98 Å². The summed E-state index contributed by atoms with van der Waals surface area (Å²) in [6, 6.07) is 9.84. The molecule has 0 fully saturated rings. The van der Waals surface area contributed by atoms with E-state index in [1.54, 1.807) is 17.3 Å². The summed E-state index contributed by atoms with van der Waals surface area (Å²) in [5, 5.41) is 2.96. The normalized spacial score (nSPS) is 10.7. The minimum absolute atomic E-state index is 0.0918. The molecule has 0 aliphatic heterocycles. The summed E-state index contributed by atoms with van der Waals surface area (Å²) in [4.78, 5) is 20.6. The number of hydrogen-bond acceptors (Lipinski definition) is 4.